The van der Waals surface area contributed by atoms with Crippen LogP contribution in [0.25, 0.3) is 0 Å². The van der Waals surface area contributed by atoms with Crippen molar-refractivity contribution in [3.05, 3.63) is 59.5 Å². The van der Waals surface area contributed by atoms with Gasteiger partial charge in [-0.1, -0.05) is 24.3 Å². The lowest BCUT2D eigenvalue weighted by Crippen LogP contribution is -2.23. The van der Waals surface area contributed by atoms with E-state index in [4.69, 9.17) is 0 Å². The molecule has 0 radical (unpaired) electrons. The second-order valence-corrected chi connectivity index (χ2v) is 5.15. The zero-order valence-corrected chi connectivity index (χ0v) is 12.8. The molecule has 0 aliphatic carbocycles. The van der Waals surface area contributed by atoms with Crippen molar-refractivity contribution in [2.45, 2.75) is 26.4 Å². The van der Waals surface area contributed by atoms with Crippen molar-refractivity contribution in [3.8, 4) is 0 Å². The van der Waals surface area contributed by atoms with E-state index in [2.05, 4.69) is 21.3 Å². The van der Waals surface area contributed by atoms with Crippen molar-refractivity contribution in [1.82, 2.24) is 9.88 Å². The molecule has 0 aliphatic rings. The van der Waals surface area contributed by atoms with Crippen molar-refractivity contribution in [2.24, 2.45) is 0 Å². The Kier molecular flexibility index (Phi) is 5.28. The van der Waals surface area contributed by atoms with Gasteiger partial charge in [0.1, 0.15) is 11.6 Å². The highest BCUT2D eigenvalue weighted by Gasteiger charge is 2.16. The maximum absolute atomic E-state index is 13.9. The molecule has 2 rings (SSSR count). The van der Waals surface area contributed by atoms with Crippen LogP contribution in [-0.2, 0) is 6.54 Å². The molecule has 0 saturated carbocycles. The number of halogens is 1. The molecule has 1 aromatic heterocycles. The van der Waals surface area contributed by atoms with Gasteiger partial charge in [0.15, 0.2) is 0 Å². The van der Waals surface area contributed by atoms with Gasteiger partial charge >= 0.3 is 0 Å². The first-order valence-corrected chi connectivity index (χ1v) is 7.26. The summed E-state index contributed by atoms with van der Waals surface area (Å²) < 4.78 is 13.9. The molecule has 112 valence electrons. The Morgan fingerprint density at radius 3 is 2.71 bits per heavy atom. The molecule has 1 N–H and O–H groups in total. The average molecular weight is 287 g/mol. The zero-order valence-electron chi connectivity index (χ0n) is 12.8. The molecule has 2 aromatic rings. The summed E-state index contributed by atoms with van der Waals surface area (Å²) in [6.07, 6.45) is 1.78. The van der Waals surface area contributed by atoms with E-state index in [0.29, 0.717) is 12.1 Å². The standard InChI is InChI=1S/C17H22FN3/c1-4-19-17-14(8-7-11-20-17)12-21(3)13(2)15-9-5-6-10-16(15)18/h5-11,13H,4,12H2,1-3H3,(H,19,20). The SMILES string of the molecule is CCNc1ncccc1CN(C)C(C)c1ccccc1F. The van der Waals surface area contributed by atoms with Crippen LogP contribution in [-0.4, -0.2) is 23.5 Å². The third-order valence-electron chi connectivity index (χ3n) is 3.67. The number of nitrogens with one attached hydrogen (secondary N) is 1. The van der Waals surface area contributed by atoms with Crippen LogP contribution >= 0.6 is 0 Å². The number of hydrogen-bond donors (Lipinski definition) is 1. The lowest BCUT2D eigenvalue weighted by molar-refractivity contribution is 0.248. The maximum atomic E-state index is 13.9. The van der Waals surface area contributed by atoms with E-state index in [1.165, 1.54) is 6.07 Å². The molecule has 0 saturated heterocycles. The summed E-state index contributed by atoms with van der Waals surface area (Å²) in [5.74, 6) is 0.738. The van der Waals surface area contributed by atoms with Crippen molar-refractivity contribution in [3.63, 3.8) is 0 Å². The van der Waals surface area contributed by atoms with Crippen LogP contribution in [0.3, 0.4) is 0 Å². The molecule has 0 bridgehead atoms. The molecule has 1 atom stereocenters. The Hall–Kier alpha value is -1.94. The van der Waals surface area contributed by atoms with Crippen molar-refractivity contribution in [1.29, 1.82) is 0 Å². The number of pyridine rings is 1. The number of hydrogen-bond acceptors (Lipinski definition) is 3. The first-order valence-electron chi connectivity index (χ1n) is 7.26. The highest BCUT2D eigenvalue weighted by atomic mass is 19.1. The Balaban J connectivity index is 2.14. The van der Waals surface area contributed by atoms with Crippen molar-refractivity contribution < 1.29 is 4.39 Å². The van der Waals surface area contributed by atoms with Gasteiger partial charge in [-0.25, -0.2) is 9.37 Å². The average Bonchev–Trinajstić information content (AvgIpc) is 2.49. The molecule has 0 spiro atoms. The monoisotopic (exact) mass is 287 g/mol. The van der Waals surface area contributed by atoms with Crippen LogP contribution < -0.4 is 5.32 Å². The fourth-order valence-electron chi connectivity index (χ4n) is 2.35. The van der Waals surface area contributed by atoms with Crippen LogP contribution in [0.1, 0.15) is 31.0 Å². The Morgan fingerprint density at radius 1 is 1.24 bits per heavy atom. The van der Waals surface area contributed by atoms with Gasteiger partial charge in [-0.15, -0.1) is 0 Å². The molecule has 1 unspecified atom stereocenters. The number of rotatable bonds is 6. The summed E-state index contributed by atoms with van der Waals surface area (Å²) >= 11 is 0. The van der Waals surface area contributed by atoms with Gasteiger partial charge in [-0.05, 0) is 33.0 Å². The summed E-state index contributed by atoms with van der Waals surface area (Å²) in [7, 11) is 2.00. The fourth-order valence-corrected chi connectivity index (χ4v) is 2.35. The lowest BCUT2D eigenvalue weighted by Gasteiger charge is -2.26. The molecule has 0 amide bonds. The molecule has 3 nitrogen and oxygen atoms in total. The molecule has 4 heteroatoms. The number of aromatic nitrogens is 1. The molecule has 21 heavy (non-hydrogen) atoms. The summed E-state index contributed by atoms with van der Waals surface area (Å²) in [4.78, 5) is 6.48. The van der Waals surface area contributed by atoms with Gasteiger partial charge in [0.25, 0.3) is 0 Å². The normalized spacial score (nSPS) is 12.4. The number of nitrogens with zero attached hydrogens (tertiary/aromatic N) is 2. The van der Waals surface area contributed by atoms with Crippen LogP contribution in [0.15, 0.2) is 42.6 Å². The van der Waals surface area contributed by atoms with Crippen molar-refractivity contribution >= 4 is 5.82 Å². The van der Waals surface area contributed by atoms with Gasteiger partial charge in [-0.2, -0.15) is 0 Å². The molecule has 0 fully saturated rings. The Morgan fingerprint density at radius 2 is 2.00 bits per heavy atom. The summed E-state index contributed by atoms with van der Waals surface area (Å²) in [5.41, 5.74) is 1.83. The molecular weight excluding hydrogens is 265 g/mol. The fraction of sp³-hybridized carbons (Fsp3) is 0.353. The molecule has 1 heterocycles. The van der Waals surface area contributed by atoms with E-state index in [9.17, 15) is 4.39 Å². The van der Waals surface area contributed by atoms with E-state index in [1.807, 2.05) is 39.1 Å². The minimum absolute atomic E-state index is 0.000817. The van der Waals surface area contributed by atoms with Gasteiger partial charge < -0.3 is 5.32 Å². The summed E-state index contributed by atoms with van der Waals surface area (Å²) in [6, 6.07) is 10.9. The largest absolute Gasteiger partial charge is 0.370 e. The van der Waals surface area contributed by atoms with E-state index in [-0.39, 0.29) is 11.9 Å². The third-order valence-corrected chi connectivity index (χ3v) is 3.67. The molecule has 1 aromatic carbocycles. The second-order valence-electron chi connectivity index (χ2n) is 5.15. The Bertz CT molecular complexity index is 586. The predicted octanol–water partition coefficient (Wildman–Crippen LogP) is 3.85. The number of benzene rings is 1. The van der Waals surface area contributed by atoms with Crippen LogP contribution in [0.4, 0.5) is 10.2 Å². The third kappa shape index (κ3) is 3.79. The first-order chi connectivity index (χ1) is 10.1. The lowest BCUT2D eigenvalue weighted by atomic mass is 10.1. The summed E-state index contributed by atoms with van der Waals surface area (Å²) in [6.45, 7) is 5.61. The highest BCUT2D eigenvalue weighted by Crippen LogP contribution is 2.24. The first kappa shape index (κ1) is 15.4. The van der Waals surface area contributed by atoms with Gasteiger partial charge in [0, 0.05) is 36.5 Å². The van der Waals surface area contributed by atoms with E-state index in [0.717, 1.165) is 17.9 Å². The zero-order chi connectivity index (χ0) is 15.2. The van der Waals surface area contributed by atoms with Crippen LogP contribution in [0.5, 0.6) is 0 Å². The van der Waals surface area contributed by atoms with Crippen LogP contribution in [0.2, 0.25) is 0 Å². The van der Waals surface area contributed by atoms with Crippen molar-refractivity contribution in [2.75, 3.05) is 18.9 Å². The topological polar surface area (TPSA) is 28.2 Å². The minimum atomic E-state index is -0.157. The second kappa shape index (κ2) is 7.18. The predicted molar refractivity (Wildman–Crippen MR) is 84.7 cm³/mol. The quantitative estimate of drug-likeness (QED) is 0.875. The van der Waals surface area contributed by atoms with Crippen LogP contribution in [0, 0.1) is 5.82 Å². The van der Waals surface area contributed by atoms with E-state index < -0.39 is 0 Å². The summed E-state index contributed by atoms with van der Waals surface area (Å²) in [5, 5.41) is 3.26. The maximum Gasteiger partial charge on any atom is 0.130 e. The number of anilines is 1. The van der Waals surface area contributed by atoms with E-state index in [1.54, 1.807) is 12.3 Å². The Labute approximate surface area is 125 Å². The minimum Gasteiger partial charge on any atom is -0.370 e. The molecular formula is C17H22FN3. The highest BCUT2D eigenvalue weighted by molar-refractivity contribution is 5.43. The van der Waals surface area contributed by atoms with E-state index >= 15 is 0 Å². The smallest absolute Gasteiger partial charge is 0.130 e. The van der Waals surface area contributed by atoms with Gasteiger partial charge in [-0.3, -0.25) is 4.90 Å². The van der Waals surface area contributed by atoms with Gasteiger partial charge in [0.05, 0.1) is 0 Å². The van der Waals surface area contributed by atoms with Gasteiger partial charge in [0.2, 0.25) is 0 Å². The molecule has 0 aliphatic heterocycles.